The van der Waals surface area contributed by atoms with E-state index in [4.69, 9.17) is 5.11 Å². The van der Waals surface area contributed by atoms with Crippen LogP contribution in [-0.4, -0.2) is 28.1 Å². The summed E-state index contributed by atoms with van der Waals surface area (Å²) in [5.74, 6) is -1.04. The molecule has 0 saturated heterocycles. The molecule has 0 aliphatic heterocycles. The van der Waals surface area contributed by atoms with Crippen LogP contribution in [0.3, 0.4) is 0 Å². The molecule has 6 nitrogen and oxygen atoms in total. The first-order valence-electron chi connectivity index (χ1n) is 6.26. The molecular formula is C13H15N3O3S. The van der Waals surface area contributed by atoms with E-state index in [2.05, 4.69) is 15.6 Å². The minimum Gasteiger partial charge on any atom is -0.480 e. The largest absolute Gasteiger partial charge is 0.480 e. The number of nitrogens with one attached hydrogen (secondary N) is 2. The quantitative estimate of drug-likeness (QED) is 0.790. The first-order chi connectivity index (χ1) is 9.60. The molecule has 0 unspecified atom stereocenters. The molecule has 0 saturated carbocycles. The van der Waals surface area contributed by atoms with Gasteiger partial charge >= 0.3 is 12.0 Å². The zero-order chi connectivity index (χ0) is 14.5. The molecule has 1 aromatic heterocycles. The van der Waals surface area contributed by atoms with Gasteiger partial charge in [0.15, 0.2) is 5.13 Å². The van der Waals surface area contributed by atoms with E-state index in [-0.39, 0.29) is 0 Å². The second-order valence-electron chi connectivity index (χ2n) is 4.26. The lowest BCUT2D eigenvalue weighted by atomic mass is 10.2. The number of carboxylic acid groups (broad SMARTS) is 1. The highest BCUT2D eigenvalue weighted by Crippen LogP contribution is 2.25. The van der Waals surface area contributed by atoms with Crippen molar-refractivity contribution in [2.24, 2.45) is 0 Å². The summed E-state index contributed by atoms with van der Waals surface area (Å²) >= 11 is 1.34. The van der Waals surface area contributed by atoms with Gasteiger partial charge in [-0.05, 0) is 18.6 Å². The molecule has 0 fully saturated rings. The Morgan fingerprint density at radius 3 is 2.80 bits per heavy atom. The van der Waals surface area contributed by atoms with Gasteiger partial charge < -0.3 is 10.4 Å². The summed E-state index contributed by atoms with van der Waals surface area (Å²) in [4.78, 5) is 27.0. The van der Waals surface area contributed by atoms with Crippen LogP contribution in [0.15, 0.2) is 24.3 Å². The number of benzene rings is 1. The Kier molecular flexibility index (Phi) is 4.52. The van der Waals surface area contributed by atoms with E-state index in [1.165, 1.54) is 11.3 Å². The van der Waals surface area contributed by atoms with Crippen molar-refractivity contribution in [3.63, 3.8) is 0 Å². The maximum atomic E-state index is 11.8. The third kappa shape index (κ3) is 3.45. The molecule has 20 heavy (non-hydrogen) atoms. The van der Waals surface area contributed by atoms with Crippen LogP contribution in [0.25, 0.3) is 10.2 Å². The Hall–Kier alpha value is -2.15. The molecule has 3 N–H and O–H groups in total. The van der Waals surface area contributed by atoms with Crippen molar-refractivity contribution in [2.75, 3.05) is 5.32 Å². The summed E-state index contributed by atoms with van der Waals surface area (Å²) in [6.07, 6.45) is 1.07. The number of hydrogen-bond donors (Lipinski definition) is 3. The van der Waals surface area contributed by atoms with Crippen molar-refractivity contribution >= 4 is 38.7 Å². The highest BCUT2D eigenvalue weighted by atomic mass is 32.1. The number of thiazole rings is 1. The van der Waals surface area contributed by atoms with E-state index in [1.54, 1.807) is 0 Å². The highest BCUT2D eigenvalue weighted by Gasteiger charge is 2.19. The number of urea groups is 1. The van der Waals surface area contributed by atoms with Gasteiger partial charge in [0.25, 0.3) is 0 Å². The van der Waals surface area contributed by atoms with Crippen LogP contribution in [0.5, 0.6) is 0 Å². The Bertz CT molecular complexity index is 593. The molecule has 0 bridgehead atoms. The first-order valence-corrected chi connectivity index (χ1v) is 7.07. The predicted molar refractivity (Wildman–Crippen MR) is 78.1 cm³/mol. The third-order valence-corrected chi connectivity index (χ3v) is 3.65. The zero-order valence-corrected chi connectivity index (χ0v) is 11.7. The second-order valence-corrected chi connectivity index (χ2v) is 5.30. The van der Waals surface area contributed by atoms with Gasteiger partial charge in [0.05, 0.1) is 10.2 Å². The highest BCUT2D eigenvalue weighted by molar-refractivity contribution is 7.22. The van der Waals surface area contributed by atoms with Gasteiger partial charge in [0.1, 0.15) is 6.04 Å². The lowest BCUT2D eigenvalue weighted by Crippen LogP contribution is -2.42. The Labute approximate surface area is 119 Å². The number of aromatic nitrogens is 1. The third-order valence-electron chi connectivity index (χ3n) is 2.70. The van der Waals surface area contributed by atoms with Gasteiger partial charge in [-0.25, -0.2) is 14.6 Å². The molecule has 2 amide bonds. The summed E-state index contributed by atoms with van der Waals surface area (Å²) in [7, 11) is 0. The summed E-state index contributed by atoms with van der Waals surface area (Å²) in [5.41, 5.74) is 0.802. The van der Waals surface area contributed by atoms with Crippen LogP contribution < -0.4 is 10.6 Å². The number of carbonyl (C=O) groups excluding carboxylic acids is 1. The van der Waals surface area contributed by atoms with Crippen molar-refractivity contribution in [3.05, 3.63) is 24.3 Å². The lowest BCUT2D eigenvalue weighted by molar-refractivity contribution is -0.139. The van der Waals surface area contributed by atoms with Crippen LogP contribution in [-0.2, 0) is 4.79 Å². The molecule has 7 heteroatoms. The van der Waals surface area contributed by atoms with Gasteiger partial charge in [-0.1, -0.05) is 36.8 Å². The fraction of sp³-hybridized carbons (Fsp3) is 0.308. The maximum Gasteiger partial charge on any atom is 0.326 e. The van der Waals surface area contributed by atoms with E-state index in [9.17, 15) is 9.59 Å². The van der Waals surface area contributed by atoms with Gasteiger partial charge in [0, 0.05) is 0 Å². The number of carbonyl (C=O) groups is 2. The number of amides is 2. The van der Waals surface area contributed by atoms with Crippen molar-refractivity contribution in [1.29, 1.82) is 0 Å². The van der Waals surface area contributed by atoms with E-state index in [1.807, 2.05) is 31.2 Å². The number of anilines is 1. The van der Waals surface area contributed by atoms with Crippen molar-refractivity contribution in [3.8, 4) is 0 Å². The second kappa shape index (κ2) is 6.33. The Morgan fingerprint density at radius 1 is 1.40 bits per heavy atom. The van der Waals surface area contributed by atoms with Crippen LogP contribution in [0.2, 0.25) is 0 Å². The minimum absolute atomic E-state index is 0.391. The number of fused-ring (bicyclic) bond motifs is 1. The number of rotatable bonds is 5. The number of para-hydroxylation sites is 1. The molecule has 0 aliphatic carbocycles. The first kappa shape index (κ1) is 14.3. The Morgan fingerprint density at radius 2 is 2.15 bits per heavy atom. The molecule has 1 heterocycles. The van der Waals surface area contributed by atoms with E-state index >= 15 is 0 Å². The summed E-state index contributed by atoms with van der Waals surface area (Å²) < 4.78 is 0.964. The molecule has 0 radical (unpaired) electrons. The molecule has 2 rings (SSSR count). The van der Waals surface area contributed by atoms with Crippen molar-refractivity contribution < 1.29 is 14.7 Å². The summed E-state index contributed by atoms with van der Waals surface area (Å²) in [6.45, 7) is 1.86. The molecule has 2 aromatic rings. The molecule has 1 atom stereocenters. The number of nitrogens with zero attached hydrogens (tertiary/aromatic N) is 1. The van der Waals surface area contributed by atoms with E-state index < -0.39 is 18.0 Å². The van der Waals surface area contributed by atoms with Gasteiger partial charge in [0.2, 0.25) is 0 Å². The number of hydrogen-bond acceptors (Lipinski definition) is 4. The van der Waals surface area contributed by atoms with Crippen molar-refractivity contribution in [2.45, 2.75) is 25.8 Å². The summed E-state index contributed by atoms with van der Waals surface area (Å²) in [6, 6.07) is 6.10. The molecule has 0 aliphatic rings. The topological polar surface area (TPSA) is 91.3 Å². The van der Waals surface area contributed by atoms with Crippen LogP contribution in [0.1, 0.15) is 19.8 Å². The van der Waals surface area contributed by atoms with Crippen molar-refractivity contribution in [1.82, 2.24) is 10.3 Å². The Balaban J connectivity index is 2.01. The van der Waals surface area contributed by atoms with Crippen LogP contribution in [0, 0.1) is 0 Å². The average molecular weight is 293 g/mol. The van der Waals surface area contributed by atoms with Gasteiger partial charge in [-0.2, -0.15) is 0 Å². The monoisotopic (exact) mass is 293 g/mol. The molecule has 0 spiro atoms. The standard InChI is InChI=1S/C13H15N3O3S/c1-2-5-9(11(17)18)14-12(19)16-13-15-8-6-3-4-7-10(8)20-13/h3-4,6-7,9H,2,5H2,1H3,(H,17,18)(H2,14,15,16,19)/t9-/m0/s1. The van der Waals surface area contributed by atoms with Crippen LogP contribution >= 0.6 is 11.3 Å². The van der Waals surface area contributed by atoms with E-state index in [0.29, 0.717) is 18.0 Å². The zero-order valence-electron chi connectivity index (χ0n) is 10.9. The molecule has 1 aromatic carbocycles. The van der Waals surface area contributed by atoms with Crippen LogP contribution in [0.4, 0.5) is 9.93 Å². The maximum absolute atomic E-state index is 11.8. The lowest BCUT2D eigenvalue weighted by Gasteiger charge is -2.13. The minimum atomic E-state index is -1.04. The summed E-state index contributed by atoms with van der Waals surface area (Å²) in [5, 5.41) is 14.4. The fourth-order valence-corrected chi connectivity index (χ4v) is 2.62. The SMILES string of the molecule is CCC[C@H](NC(=O)Nc1nc2ccccc2s1)C(=O)O. The molecular weight excluding hydrogens is 278 g/mol. The van der Waals surface area contributed by atoms with Gasteiger partial charge in [-0.3, -0.25) is 5.32 Å². The van der Waals surface area contributed by atoms with Gasteiger partial charge in [-0.15, -0.1) is 0 Å². The normalized spacial score (nSPS) is 12.1. The average Bonchev–Trinajstić information content (AvgIpc) is 2.79. The fourth-order valence-electron chi connectivity index (χ4n) is 1.76. The number of aliphatic carboxylic acids is 1. The predicted octanol–water partition coefficient (Wildman–Crippen LogP) is 2.67. The smallest absolute Gasteiger partial charge is 0.326 e. The molecule has 106 valence electrons. The number of carboxylic acids is 1. The van der Waals surface area contributed by atoms with E-state index in [0.717, 1.165) is 10.2 Å².